The van der Waals surface area contributed by atoms with E-state index in [1.807, 2.05) is 0 Å². The molecule has 2 aromatic rings. The number of hydrogen-bond acceptors (Lipinski definition) is 5. The lowest BCUT2D eigenvalue weighted by molar-refractivity contribution is -0.136. The maximum Gasteiger partial charge on any atom is 0.305 e. The maximum absolute atomic E-state index is 10.4. The molecule has 0 spiro atoms. The number of hydrogen-bond donors (Lipinski definition) is 2. The number of aromatic nitrogens is 2. The fourth-order valence-corrected chi connectivity index (χ4v) is 2.47. The highest BCUT2D eigenvalue weighted by molar-refractivity contribution is 7.15. The number of rotatable bonds is 7. The van der Waals surface area contributed by atoms with Crippen LogP contribution in [0.2, 0.25) is 0 Å². The van der Waals surface area contributed by atoms with Crippen molar-refractivity contribution in [3.8, 4) is 0 Å². The first-order valence-corrected chi connectivity index (χ1v) is 7.29. The Balaban J connectivity index is 1.80. The van der Waals surface area contributed by atoms with Gasteiger partial charge in [0.05, 0.1) is 6.42 Å². The van der Waals surface area contributed by atoms with Crippen molar-refractivity contribution >= 4 is 22.4 Å². The van der Waals surface area contributed by atoms with E-state index in [2.05, 4.69) is 46.7 Å². The van der Waals surface area contributed by atoms with Gasteiger partial charge in [0.1, 0.15) is 5.01 Å². The number of carboxylic acids is 1. The van der Waals surface area contributed by atoms with Crippen molar-refractivity contribution in [3.05, 3.63) is 40.4 Å². The summed E-state index contributed by atoms with van der Waals surface area (Å²) in [5, 5.41) is 21.3. The predicted octanol–water partition coefficient (Wildman–Crippen LogP) is 2.52. The molecule has 0 atom stereocenters. The number of anilines is 1. The van der Waals surface area contributed by atoms with E-state index in [-0.39, 0.29) is 6.42 Å². The first kappa shape index (κ1) is 14.5. The third-order valence-corrected chi connectivity index (χ3v) is 3.77. The number of carboxylic acid groups (broad SMARTS) is 1. The van der Waals surface area contributed by atoms with Crippen LogP contribution < -0.4 is 5.32 Å². The molecule has 2 N–H and O–H groups in total. The second kappa shape index (κ2) is 7.00. The Morgan fingerprint density at radius 1 is 1.25 bits per heavy atom. The SMILES string of the molecule is Cc1ccc(CCc2nnc(NCCC(=O)O)s2)cc1. The molecule has 5 nitrogen and oxygen atoms in total. The van der Waals surface area contributed by atoms with Crippen LogP contribution in [0.4, 0.5) is 5.13 Å². The van der Waals surface area contributed by atoms with Gasteiger partial charge in [0.15, 0.2) is 0 Å². The number of carbonyl (C=O) groups is 1. The van der Waals surface area contributed by atoms with E-state index in [0.29, 0.717) is 11.7 Å². The summed E-state index contributed by atoms with van der Waals surface area (Å²) in [4.78, 5) is 10.4. The number of nitrogens with zero attached hydrogens (tertiary/aromatic N) is 2. The Morgan fingerprint density at radius 3 is 2.70 bits per heavy atom. The van der Waals surface area contributed by atoms with Gasteiger partial charge in [0.2, 0.25) is 5.13 Å². The topological polar surface area (TPSA) is 75.1 Å². The molecule has 0 saturated carbocycles. The molecule has 6 heteroatoms. The summed E-state index contributed by atoms with van der Waals surface area (Å²) in [6.07, 6.45) is 1.86. The highest BCUT2D eigenvalue weighted by Gasteiger charge is 2.05. The molecule has 2 rings (SSSR count). The quantitative estimate of drug-likeness (QED) is 0.820. The van der Waals surface area contributed by atoms with Crippen LogP contribution in [0, 0.1) is 6.92 Å². The molecule has 1 aromatic heterocycles. The van der Waals surface area contributed by atoms with Crippen LogP contribution in [-0.4, -0.2) is 27.8 Å². The lowest BCUT2D eigenvalue weighted by atomic mass is 10.1. The zero-order valence-corrected chi connectivity index (χ0v) is 12.1. The number of aryl methyl sites for hydroxylation is 3. The van der Waals surface area contributed by atoms with Crippen molar-refractivity contribution in [2.24, 2.45) is 0 Å². The minimum Gasteiger partial charge on any atom is -0.481 e. The van der Waals surface area contributed by atoms with E-state index in [0.717, 1.165) is 17.8 Å². The van der Waals surface area contributed by atoms with Gasteiger partial charge >= 0.3 is 5.97 Å². The highest BCUT2D eigenvalue weighted by atomic mass is 32.1. The number of benzene rings is 1. The summed E-state index contributed by atoms with van der Waals surface area (Å²) >= 11 is 1.48. The van der Waals surface area contributed by atoms with Gasteiger partial charge < -0.3 is 10.4 Å². The minimum atomic E-state index is -0.818. The van der Waals surface area contributed by atoms with Crippen molar-refractivity contribution in [2.45, 2.75) is 26.2 Å². The maximum atomic E-state index is 10.4. The lowest BCUT2D eigenvalue weighted by Gasteiger charge is -1.99. The predicted molar refractivity (Wildman–Crippen MR) is 79.2 cm³/mol. The van der Waals surface area contributed by atoms with Crippen LogP contribution in [0.25, 0.3) is 0 Å². The van der Waals surface area contributed by atoms with E-state index >= 15 is 0 Å². The van der Waals surface area contributed by atoms with Crippen molar-refractivity contribution in [3.63, 3.8) is 0 Å². The van der Waals surface area contributed by atoms with Crippen LogP contribution >= 0.6 is 11.3 Å². The molecular weight excluding hydrogens is 274 g/mol. The Hall–Kier alpha value is -1.95. The monoisotopic (exact) mass is 291 g/mol. The van der Waals surface area contributed by atoms with E-state index in [1.54, 1.807) is 0 Å². The molecule has 20 heavy (non-hydrogen) atoms. The normalized spacial score (nSPS) is 10.4. The molecule has 0 aliphatic rings. The molecule has 0 radical (unpaired) electrons. The van der Waals surface area contributed by atoms with E-state index in [9.17, 15) is 4.79 Å². The number of aliphatic carboxylic acids is 1. The zero-order valence-electron chi connectivity index (χ0n) is 11.3. The van der Waals surface area contributed by atoms with Crippen LogP contribution in [0.5, 0.6) is 0 Å². The van der Waals surface area contributed by atoms with Gasteiger partial charge in [-0.05, 0) is 18.9 Å². The Labute approximate surface area is 121 Å². The Kier molecular flexibility index (Phi) is 5.06. The second-order valence-electron chi connectivity index (χ2n) is 4.56. The fourth-order valence-electron chi connectivity index (χ4n) is 1.71. The summed E-state index contributed by atoms with van der Waals surface area (Å²) in [6.45, 7) is 2.45. The largest absolute Gasteiger partial charge is 0.481 e. The van der Waals surface area contributed by atoms with Crippen molar-refractivity contribution in [2.75, 3.05) is 11.9 Å². The molecule has 1 heterocycles. The van der Waals surface area contributed by atoms with Crippen molar-refractivity contribution < 1.29 is 9.90 Å². The van der Waals surface area contributed by atoms with Gasteiger partial charge in [-0.25, -0.2) is 0 Å². The van der Waals surface area contributed by atoms with E-state index < -0.39 is 5.97 Å². The van der Waals surface area contributed by atoms with E-state index in [4.69, 9.17) is 5.11 Å². The Bertz CT molecular complexity index is 566. The molecule has 0 bridgehead atoms. The van der Waals surface area contributed by atoms with Crippen LogP contribution in [0.15, 0.2) is 24.3 Å². The third-order valence-electron chi connectivity index (χ3n) is 2.83. The van der Waals surface area contributed by atoms with Gasteiger partial charge in [0.25, 0.3) is 0 Å². The van der Waals surface area contributed by atoms with Gasteiger partial charge in [0, 0.05) is 13.0 Å². The molecular formula is C14H17N3O2S. The molecule has 0 fully saturated rings. The van der Waals surface area contributed by atoms with Gasteiger partial charge in [-0.2, -0.15) is 0 Å². The lowest BCUT2D eigenvalue weighted by Crippen LogP contribution is -2.07. The van der Waals surface area contributed by atoms with Crippen LogP contribution in [0.3, 0.4) is 0 Å². The molecule has 0 aliphatic carbocycles. The average molecular weight is 291 g/mol. The zero-order chi connectivity index (χ0) is 14.4. The number of nitrogens with one attached hydrogen (secondary N) is 1. The van der Waals surface area contributed by atoms with Crippen LogP contribution in [0.1, 0.15) is 22.6 Å². The minimum absolute atomic E-state index is 0.0816. The van der Waals surface area contributed by atoms with Gasteiger partial charge in [-0.15, -0.1) is 10.2 Å². The highest BCUT2D eigenvalue weighted by Crippen LogP contribution is 2.17. The third kappa shape index (κ3) is 4.62. The smallest absolute Gasteiger partial charge is 0.305 e. The molecule has 106 valence electrons. The standard InChI is InChI=1S/C14H17N3O2S/c1-10-2-4-11(5-3-10)6-7-12-16-17-14(20-12)15-9-8-13(18)19/h2-5H,6-9H2,1H3,(H,15,17)(H,18,19). The second-order valence-corrected chi connectivity index (χ2v) is 5.62. The van der Waals surface area contributed by atoms with Gasteiger partial charge in [-0.1, -0.05) is 41.2 Å². The molecule has 0 amide bonds. The average Bonchev–Trinajstić information content (AvgIpc) is 2.86. The first-order valence-electron chi connectivity index (χ1n) is 6.47. The summed E-state index contributed by atoms with van der Waals surface area (Å²) in [7, 11) is 0. The molecule has 0 saturated heterocycles. The summed E-state index contributed by atoms with van der Waals surface area (Å²) in [6, 6.07) is 8.47. The van der Waals surface area contributed by atoms with E-state index in [1.165, 1.54) is 22.5 Å². The molecule has 0 aliphatic heterocycles. The molecule has 0 unspecified atom stereocenters. The summed E-state index contributed by atoms with van der Waals surface area (Å²) < 4.78 is 0. The summed E-state index contributed by atoms with van der Waals surface area (Å²) in [5.74, 6) is -0.818. The summed E-state index contributed by atoms with van der Waals surface area (Å²) in [5.41, 5.74) is 2.54. The van der Waals surface area contributed by atoms with Crippen molar-refractivity contribution in [1.29, 1.82) is 0 Å². The first-order chi connectivity index (χ1) is 9.63. The van der Waals surface area contributed by atoms with Gasteiger partial charge in [-0.3, -0.25) is 4.79 Å². The fraction of sp³-hybridized carbons (Fsp3) is 0.357. The van der Waals surface area contributed by atoms with Crippen molar-refractivity contribution in [1.82, 2.24) is 10.2 Å². The van der Waals surface area contributed by atoms with Crippen LogP contribution in [-0.2, 0) is 17.6 Å². The Morgan fingerprint density at radius 2 is 2.00 bits per heavy atom. The molecule has 1 aromatic carbocycles.